The second-order valence-electron chi connectivity index (χ2n) is 11.8. The molecule has 1 aliphatic rings. The van der Waals surface area contributed by atoms with Crippen molar-refractivity contribution in [3.63, 3.8) is 0 Å². The average Bonchev–Trinajstić information content (AvgIpc) is 3.39. The molecule has 12 heteroatoms. The number of anilines is 1. The third-order valence-electron chi connectivity index (χ3n) is 7.21. The first kappa shape index (κ1) is 31.5. The molecule has 0 saturated carbocycles. The van der Waals surface area contributed by atoms with E-state index in [1.807, 2.05) is 24.0 Å². The van der Waals surface area contributed by atoms with Gasteiger partial charge in [0.05, 0.1) is 5.56 Å². The van der Waals surface area contributed by atoms with Crippen molar-refractivity contribution in [1.29, 1.82) is 0 Å². The summed E-state index contributed by atoms with van der Waals surface area (Å²) >= 11 is 0. The zero-order valence-electron chi connectivity index (χ0n) is 25.4. The van der Waals surface area contributed by atoms with Gasteiger partial charge in [0.25, 0.3) is 5.91 Å². The van der Waals surface area contributed by atoms with Crippen LogP contribution in [0.4, 0.5) is 23.7 Å². The Kier molecular flexibility index (Phi) is 8.84. The van der Waals surface area contributed by atoms with Crippen molar-refractivity contribution >= 4 is 23.3 Å². The number of alkyl halides is 3. The van der Waals surface area contributed by atoms with Gasteiger partial charge >= 0.3 is 12.3 Å². The van der Waals surface area contributed by atoms with Crippen LogP contribution >= 0.6 is 0 Å². The largest absolute Gasteiger partial charge is 0.444 e. The fraction of sp³-hybridized carbons (Fsp3) is 0.333. The molecule has 2 amide bonds. The van der Waals surface area contributed by atoms with E-state index in [-0.39, 0.29) is 23.4 Å². The number of nitrogens with one attached hydrogen (secondary N) is 1. The van der Waals surface area contributed by atoms with Crippen molar-refractivity contribution in [3.8, 4) is 11.8 Å². The van der Waals surface area contributed by atoms with Gasteiger partial charge in [-0.25, -0.2) is 4.79 Å². The minimum absolute atomic E-state index is 0.0222. The molecule has 0 bridgehead atoms. The molecule has 45 heavy (non-hydrogen) atoms. The number of aryl methyl sites for hydroxylation is 1. The maximum Gasteiger partial charge on any atom is 0.416 e. The molecule has 0 spiro atoms. The van der Waals surface area contributed by atoms with Crippen molar-refractivity contribution in [3.05, 3.63) is 94.4 Å². The number of ether oxygens (including phenoxy) is 1. The molecule has 0 aliphatic carbocycles. The van der Waals surface area contributed by atoms with E-state index < -0.39 is 29.3 Å². The summed E-state index contributed by atoms with van der Waals surface area (Å²) in [4.78, 5) is 28.9. The number of pyridine rings is 1. The average molecular weight is 619 g/mol. The van der Waals surface area contributed by atoms with Crippen LogP contribution in [0, 0.1) is 18.8 Å². The van der Waals surface area contributed by atoms with Gasteiger partial charge in [-0.15, -0.1) is 10.2 Å². The number of carbonyl (C=O) groups is 2. The van der Waals surface area contributed by atoms with Gasteiger partial charge in [0, 0.05) is 55.7 Å². The zero-order valence-corrected chi connectivity index (χ0v) is 25.4. The van der Waals surface area contributed by atoms with E-state index >= 15 is 0 Å². The highest BCUT2D eigenvalue weighted by atomic mass is 19.4. The van der Waals surface area contributed by atoms with Crippen LogP contribution < -0.4 is 5.32 Å². The molecule has 2 aromatic carbocycles. The van der Waals surface area contributed by atoms with Gasteiger partial charge in [-0.1, -0.05) is 24.1 Å². The smallest absolute Gasteiger partial charge is 0.416 e. The van der Waals surface area contributed by atoms with Gasteiger partial charge in [-0.05, 0) is 81.1 Å². The van der Waals surface area contributed by atoms with Crippen LogP contribution in [0.1, 0.15) is 59.2 Å². The molecule has 3 heterocycles. The number of nitrogens with zero attached hydrogens (tertiary/aromatic N) is 5. The lowest BCUT2D eigenvalue weighted by molar-refractivity contribution is -0.138. The molecule has 2 aromatic heterocycles. The summed E-state index contributed by atoms with van der Waals surface area (Å²) in [5, 5.41) is 10.8. The lowest BCUT2D eigenvalue weighted by atomic mass is 10.0. The lowest BCUT2D eigenvalue weighted by Crippen LogP contribution is -2.49. The fourth-order valence-corrected chi connectivity index (χ4v) is 4.86. The van der Waals surface area contributed by atoms with Crippen LogP contribution in [-0.4, -0.2) is 68.2 Å². The number of rotatable bonds is 4. The summed E-state index contributed by atoms with van der Waals surface area (Å²) in [6.07, 6.45) is -3.27. The number of carbonyl (C=O) groups excluding carboxylic acids is 2. The van der Waals surface area contributed by atoms with Crippen LogP contribution in [-0.2, 0) is 17.5 Å². The van der Waals surface area contributed by atoms with Crippen LogP contribution in [0.5, 0.6) is 0 Å². The standard InChI is InChI=1S/C33H33F3N6O3/c1-22-8-9-24(19-23(22)11-13-29-39-38-28-7-5-6-14-42(28)29)30(43)37-26-12-10-25(27(20-26)33(34,35)36)21-40-15-17-41(18-16-40)31(44)45-32(2,3)4/h5-10,12,14,19-20H,15-18,21H2,1-4H3,(H,37,43). The summed E-state index contributed by atoms with van der Waals surface area (Å²) in [5.41, 5.74) is 0.946. The molecule has 234 valence electrons. The van der Waals surface area contributed by atoms with Gasteiger partial charge in [0.15, 0.2) is 5.65 Å². The van der Waals surface area contributed by atoms with E-state index in [0.29, 0.717) is 43.2 Å². The minimum Gasteiger partial charge on any atom is -0.444 e. The highest BCUT2D eigenvalue weighted by Gasteiger charge is 2.35. The van der Waals surface area contributed by atoms with Crippen molar-refractivity contribution in [2.24, 2.45) is 0 Å². The summed E-state index contributed by atoms with van der Waals surface area (Å²) in [7, 11) is 0. The van der Waals surface area contributed by atoms with Gasteiger partial charge in [0.2, 0.25) is 5.82 Å². The molecule has 4 aromatic rings. The van der Waals surface area contributed by atoms with Crippen LogP contribution in [0.15, 0.2) is 60.8 Å². The second-order valence-corrected chi connectivity index (χ2v) is 11.8. The Labute approximate surface area is 259 Å². The lowest BCUT2D eigenvalue weighted by Gasteiger charge is -2.36. The summed E-state index contributed by atoms with van der Waals surface area (Å²) in [5.74, 6) is 5.87. The van der Waals surface area contributed by atoms with Gasteiger partial charge < -0.3 is 15.0 Å². The Morgan fingerprint density at radius 2 is 1.71 bits per heavy atom. The molecule has 9 nitrogen and oxygen atoms in total. The Balaban J connectivity index is 1.28. The Bertz CT molecular complexity index is 1790. The number of halogens is 3. The van der Waals surface area contributed by atoms with Gasteiger partial charge in [-0.3, -0.25) is 14.1 Å². The maximum atomic E-state index is 14.1. The number of piperazine rings is 1. The first-order valence-corrected chi connectivity index (χ1v) is 14.4. The van der Waals surface area contributed by atoms with Crippen molar-refractivity contribution < 1.29 is 27.5 Å². The number of hydrogen-bond donors (Lipinski definition) is 1. The monoisotopic (exact) mass is 618 g/mol. The Hall–Kier alpha value is -4.89. The Morgan fingerprint density at radius 3 is 2.42 bits per heavy atom. The third-order valence-corrected chi connectivity index (χ3v) is 7.21. The van der Waals surface area contributed by atoms with Gasteiger partial charge in [0.1, 0.15) is 5.60 Å². The predicted molar refractivity (Wildman–Crippen MR) is 163 cm³/mol. The van der Waals surface area contributed by atoms with Crippen molar-refractivity contribution in [1.82, 2.24) is 24.4 Å². The van der Waals surface area contributed by atoms with E-state index in [2.05, 4.69) is 27.4 Å². The first-order chi connectivity index (χ1) is 21.3. The topological polar surface area (TPSA) is 92.1 Å². The Morgan fingerprint density at radius 1 is 0.956 bits per heavy atom. The molecular formula is C33H33F3N6O3. The second kappa shape index (κ2) is 12.6. The molecule has 0 atom stereocenters. The van der Waals surface area contributed by atoms with Crippen LogP contribution in [0.3, 0.4) is 0 Å². The summed E-state index contributed by atoms with van der Waals surface area (Å²) < 4.78 is 49.6. The van der Waals surface area contributed by atoms with E-state index in [0.717, 1.165) is 11.6 Å². The quantitative estimate of drug-likeness (QED) is 0.293. The highest BCUT2D eigenvalue weighted by molar-refractivity contribution is 6.04. The van der Waals surface area contributed by atoms with Crippen molar-refractivity contribution in [2.75, 3.05) is 31.5 Å². The number of benzene rings is 2. The molecule has 1 saturated heterocycles. The molecule has 5 rings (SSSR count). The molecule has 1 aliphatic heterocycles. The molecule has 0 unspecified atom stereocenters. The van der Waals surface area contributed by atoms with E-state index in [1.165, 1.54) is 12.1 Å². The number of fused-ring (bicyclic) bond motifs is 1. The number of hydrogen-bond acceptors (Lipinski definition) is 6. The zero-order chi connectivity index (χ0) is 32.4. The highest BCUT2D eigenvalue weighted by Crippen LogP contribution is 2.35. The van der Waals surface area contributed by atoms with Crippen LogP contribution in [0.2, 0.25) is 0 Å². The molecule has 0 radical (unpaired) electrons. The third kappa shape index (κ3) is 7.80. The first-order valence-electron chi connectivity index (χ1n) is 14.4. The fourth-order valence-electron chi connectivity index (χ4n) is 4.86. The van der Waals surface area contributed by atoms with E-state index in [9.17, 15) is 22.8 Å². The number of amides is 2. The SMILES string of the molecule is Cc1ccc(C(=O)Nc2ccc(CN3CCN(C(=O)OC(C)(C)C)CC3)c(C(F)(F)F)c2)cc1C#Cc1nnc2ccccn12. The molecule has 1 N–H and O–H groups in total. The normalized spacial score (nSPS) is 14.2. The molecular weight excluding hydrogens is 585 g/mol. The van der Waals surface area contributed by atoms with E-state index in [1.54, 1.807) is 60.5 Å². The van der Waals surface area contributed by atoms with E-state index in [4.69, 9.17) is 4.74 Å². The summed E-state index contributed by atoms with van der Waals surface area (Å²) in [6.45, 7) is 8.74. The van der Waals surface area contributed by atoms with Crippen LogP contribution in [0.25, 0.3) is 5.65 Å². The minimum atomic E-state index is -4.63. The predicted octanol–water partition coefficient (Wildman–Crippen LogP) is 5.76. The number of aromatic nitrogens is 3. The summed E-state index contributed by atoms with van der Waals surface area (Å²) in [6, 6.07) is 14.2. The van der Waals surface area contributed by atoms with Crippen molar-refractivity contribution in [2.45, 2.75) is 46.0 Å². The maximum absolute atomic E-state index is 14.1. The van der Waals surface area contributed by atoms with Gasteiger partial charge in [-0.2, -0.15) is 13.2 Å². The molecule has 1 fully saturated rings.